The first-order valence-corrected chi connectivity index (χ1v) is 10.2. The predicted octanol–water partition coefficient (Wildman–Crippen LogP) is 5.26. The molecule has 1 heterocycles. The second-order valence-corrected chi connectivity index (χ2v) is 7.23. The van der Waals surface area contributed by atoms with Crippen LogP contribution in [0.25, 0.3) is 16.8 Å². The molecule has 0 bridgehead atoms. The Balaban J connectivity index is 1.70. The van der Waals surface area contributed by atoms with E-state index in [-0.39, 0.29) is 11.7 Å². The van der Waals surface area contributed by atoms with Crippen molar-refractivity contribution in [2.75, 3.05) is 11.9 Å². The number of nitrogens with zero attached hydrogens (tertiary/aromatic N) is 3. The maximum Gasteiger partial charge on any atom is 0.338 e. The molecule has 3 aromatic rings. The van der Waals surface area contributed by atoms with Gasteiger partial charge in [-0.1, -0.05) is 6.92 Å². The number of hydrogen-bond donors (Lipinski definition) is 1. The number of non-ortho nitro benzene ring substituents is 1. The molecule has 31 heavy (non-hydrogen) atoms. The second kappa shape index (κ2) is 10.1. The third-order valence-corrected chi connectivity index (χ3v) is 5.05. The van der Waals surface area contributed by atoms with Gasteiger partial charge in [-0.15, -0.1) is 11.3 Å². The van der Waals surface area contributed by atoms with E-state index in [1.54, 1.807) is 48.0 Å². The summed E-state index contributed by atoms with van der Waals surface area (Å²) in [6.07, 6.45) is 2.30. The number of nitriles is 1. The second-order valence-electron chi connectivity index (χ2n) is 6.37. The molecule has 1 N–H and O–H groups in total. The maximum absolute atomic E-state index is 11.8. The van der Waals surface area contributed by atoms with Gasteiger partial charge in [0.15, 0.2) is 0 Å². The van der Waals surface area contributed by atoms with Gasteiger partial charge in [-0.25, -0.2) is 9.78 Å². The quantitative estimate of drug-likeness (QED) is 0.222. The Morgan fingerprint density at radius 3 is 2.58 bits per heavy atom. The fraction of sp³-hybridized carbons (Fsp3) is 0.136. The molecule has 0 aliphatic rings. The molecule has 0 saturated heterocycles. The lowest BCUT2D eigenvalue weighted by Crippen LogP contribution is -2.05. The summed E-state index contributed by atoms with van der Waals surface area (Å²) >= 11 is 1.30. The molecule has 156 valence electrons. The molecule has 0 aliphatic carbocycles. The summed E-state index contributed by atoms with van der Waals surface area (Å²) in [5.74, 6) is -0.372. The van der Waals surface area contributed by atoms with Crippen LogP contribution >= 0.6 is 11.3 Å². The SMILES string of the molecule is CCCOC(=O)c1ccc(NC=C(C#N)c2nc(-c3ccc([N+](=O)[O-])cc3)cs2)cc1. The number of thiazole rings is 1. The highest BCUT2D eigenvalue weighted by molar-refractivity contribution is 7.11. The molecule has 8 nitrogen and oxygen atoms in total. The van der Waals surface area contributed by atoms with Gasteiger partial charge in [-0.05, 0) is 42.8 Å². The van der Waals surface area contributed by atoms with Crippen molar-refractivity contribution < 1.29 is 14.5 Å². The minimum Gasteiger partial charge on any atom is -0.462 e. The van der Waals surface area contributed by atoms with Crippen molar-refractivity contribution in [2.45, 2.75) is 13.3 Å². The van der Waals surface area contributed by atoms with Crippen LogP contribution in [0.2, 0.25) is 0 Å². The standard InChI is InChI=1S/C22H18N4O4S/c1-2-11-30-22(27)16-3-7-18(8-4-16)24-13-17(12-23)21-25-20(14-31-21)15-5-9-19(10-6-15)26(28)29/h3-10,13-14,24H,2,11H2,1H3. The molecule has 0 unspecified atom stereocenters. The Kier molecular flexibility index (Phi) is 7.09. The van der Waals surface area contributed by atoms with E-state index < -0.39 is 4.92 Å². The normalized spacial score (nSPS) is 10.9. The number of hydrogen-bond acceptors (Lipinski definition) is 8. The molecule has 3 rings (SSSR count). The molecular formula is C22H18N4O4S. The van der Waals surface area contributed by atoms with Crippen LogP contribution in [-0.2, 0) is 4.74 Å². The smallest absolute Gasteiger partial charge is 0.338 e. The highest BCUT2D eigenvalue weighted by atomic mass is 32.1. The summed E-state index contributed by atoms with van der Waals surface area (Å²) in [4.78, 5) is 26.6. The van der Waals surface area contributed by atoms with Gasteiger partial charge in [0.2, 0.25) is 0 Å². The van der Waals surface area contributed by atoms with Crippen LogP contribution in [0, 0.1) is 21.4 Å². The first-order valence-electron chi connectivity index (χ1n) is 9.36. The third-order valence-electron chi connectivity index (χ3n) is 4.17. The van der Waals surface area contributed by atoms with Gasteiger partial charge >= 0.3 is 5.97 Å². The van der Waals surface area contributed by atoms with Gasteiger partial charge in [0.1, 0.15) is 16.6 Å². The van der Waals surface area contributed by atoms with Crippen LogP contribution in [-0.4, -0.2) is 22.5 Å². The van der Waals surface area contributed by atoms with Crippen molar-refractivity contribution in [3.05, 3.63) is 80.8 Å². The largest absolute Gasteiger partial charge is 0.462 e. The van der Waals surface area contributed by atoms with Crippen molar-refractivity contribution in [2.24, 2.45) is 0 Å². The van der Waals surface area contributed by atoms with E-state index in [2.05, 4.69) is 16.4 Å². The predicted molar refractivity (Wildman–Crippen MR) is 118 cm³/mol. The lowest BCUT2D eigenvalue weighted by Gasteiger charge is -2.05. The monoisotopic (exact) mass is 434 g/mol. The Hall–Kier alpha value is -4.03. The van der Waals surface area contributed by atoms with Crippen LogP contribution in [0.1, 0.15) is 28.7 Å². The number of rotatable bonds is 8. The number of aromatic nitrogens is 1. The first kappa shape index (κ1) is 21.7. The number of allylic oxidation sites excluding steroid dienone is 1. The molecule has 0 amide bonds. The van der Waals surface area contributed by atoms with Crippen LogP contribution in [0.4, 0.5) is 11.4 Å². The summed E-state index contributed by atoms with van der Waals surface area (Å²) in [5.41, 5.74) is 2.85. The summed E-state index contributed by atoms with van der Waals surface area (Å²) in [6.45, 7) is 2.31. The third kappa shape index (κ3) is 5.52. The van der Waals surface area contributed by atoms with Crippen LogP contribution in [0.15, 0.2) is 60.1 Å². The number of nitro benzene ring substituents is 1. The Morgan fingerprint density at radius 1 is 1.26 bits per heavy atom. The highest BCUT2D eigenvalue weighted by Crippen LogP contribution is 2.27. The molecular weight excluding hydrogens is 416 g/mol. The van der Waals surface area contributed by atoms with Gasteiger partial charge in [-0.3, -0.25) is 10.1 Å². The van der Waals surface area contributed by atoms with E-state index in [0.29, 0.717) is 34.1 Å². The number of ether oxygens (including phenoxy) is 1. The van der Waals surface area contributed by atoms with E-state index in [0.717, 1.165) is 12.0 Å². The highest BCUT2D eigenvalue weighted by Gasteiger charge is 2.11. The van der Waals surface area contributed by atoms with Crippen molar-refractivity contribution in [1.29, 1.82) is 5.26 Å². The van der Waals surface area contributed by atoms with E-state index >= 15 is 0 Å². The van der Waals surface area contributed by atoms with Gasteiger partial charge in [0.05, 0.1) is 22.8 Å². The molecule has 0 atom stereocenters. The van der Waals surface area contributed by atoms with Crippen LogP contribution in [0.5, 0.6) is 0 Å². The van der Waals surface area contributed by atoms with Crippen molar-refractivity contribution >= 4 is 34.3 Å². The van der Waals surface area contributed by atoms with E-state index in [1.807, 2.05) is 6.92 Å². The molecule has 9 heteroatoms. The number of carbonyl (C=O) groups is 1. The Bertz CT molecular complexity index is 1150. The fourth-order valence-corrected chi connectivity index (χ4v) is 3.36. The molecule has 0 fully saturated rings. The number of nitrogens with one attached hydrogen (secondary N) is 1. The minimum absolute atomic E-state index is 0.00524. The Labute approximate surface area is 182 Å². The van der Waals surface area contributed by atoms with Gasteiger partial charge in [-0.2, -0.15) is 5.26 Å². The summed E-state index contributed by atoms with van der Waals surface area (Å²) in [7, 11) is 0. The number of carbonyl (C=O) groups excluding carboxylic acids is 1. The van der Waals surface area contributed by atoms with E-state index in [1.165, 1.54) is 23.5 Å². The lowest BCUT2D eigenvalue weighted by atomic mass is 10.1. The number of anilines is 1. The van der Waals surface area contributed by atoms with Gasteiger partial charge in [0.25, 0.3) is 5.69 Å². The lowest BCUT2D eigenvalue weighted by molar-refractivity contribution is -0.384. The zero-order valence-electron chi connectivity index (χ0n) is 16.6. The Morgan fingerprint density at radius 2 is 1.97 bits per heavy atom. The van der Waals surface area contributed by atoms with Crippen LogP contribution < -0.4 is 5.32 Å². The topological polar surface area (TPSA) is 118 Å². The summed E-state index contributed by atoms with van der Waals surface area (Å²) in [5, 5.41) is 25.6. The van der Waals surface area contributed by atoms with Crippen molar-refractivity contribution in [3.8, 4) is 17.3 Å². The molecule has 0 radical (unpaired) electrons. The molecule has 0 spiro atoms. The summed E-state index contributed by atoms with van der Waals surface area (Å²) < 4.78 is 5.09. The first-order chi connectivity index (χ1) is 15.0. The summed E-state index contributed by atoms with van der Waals surface area (Å²) in [6, 6.07) is 14.9. The zero-order chi connectivity index (χ0) is 22.2. The van der Waals surface area contributed by atoms with Crippen LogP contribution in [0.3, 0.4) is 0 Å². The number of nitro groups is 1. The average molecular weight is 434 g/mol. The maximum atomic E-state index is 11.8. The zero-order valence-corrected chi connectivity index (χ0v) is 17.4. The minimum atomic E-state index is -0.459. The number of benzene rings is 2. The van der Waals surface area contributed by atoms with Crippen molar-refractivity contribution in [3.63, 3.8) is 0 Å². The van der Waals surface area contributed by atoms with Gasteiger partial charge in [0, 0.05) is 35.0 Å². The van der Waals surface area contributed by atoms with E-state index in [4.69, 9.17) is 4.74 Å². The number of esters is 1. The molecule has 1 aromatic heterocycles. The molecule has 2 aromatic carbocycles. The average Bonchev–Trinajstić information content (AvgIpc) is 3.28. The van der Waals surface area contributed by atoms with E-state index in [9.17, 15) is 20.2 Å². The molecule has 0 saturated carbocycles. The van der Waals surface area contributed by atoms with Crippen molar-refractivity contribution in [1.82, 2.24) is 4.98 Å². The fourth-order valence-electron chi connectivity index (χ4n) is 2.56. The molecule has 0 aliphatic heterocycles. The van der Waals surface area contributed by atoms with Gasteiger partial charge < -0.3 is 10.1 Å².